The quantitative estimate of drug-likeness (QED) is 0.498. The molecule has 0 aliphatic carbocycles. The molecular formula is C22H27ClFN7O2. The summed E-state index contributed by atoms with van der Waals surface area (Å²) < 4.78 is 19.1. The number of phenols is 1. The van der Waals surface area contributed by atoms with E-state index in [1.54, 1.807) is 30.7 Å². The molecule has 9 nitrogen and oxygen atoms in total. The van der Waals surface area contributed by atoms with Crippen molar-refractivity contribution in [3.63, 3.8) is 0 Å². The number of nitrogens with one attached hydrogen (secondary N) is 2. The van der Waals surface area contributed by atoms with Crippen molar-refractivity contribution in [2.24, 2.45) is 5.92 Å². The van der Waals surface area contributed by atoms with E-state index in [1.165, 1.54) is 0 Å². The molecule has 2 fully saturated rings. The normalized spacial score (nSPS) is 22.8. The van der Waals surface area contributed by atoms with Crippen molar-refractivity contribution in [1.29, 1.82) is 0 Å². The summed E-state index contributed by atoms with van der Waals surface area (Å²) in [6, 6.07) is 5.25. The van der Waals surface area contributed by atoms with E-state index in [0.717, 1.165) is 37.2 Å². The van der Waals surface area contributed by atoms with Gasteiger partial charge in [0, 0.05) is 49.6 Å². The summed E-state index contributed by atoms with van der Waals surface area (Å²) in [6.07, 6.45) is 5.87. The lowest BCUT2D eigenvalue weighted by Gasteiger charge is -2.28. The first-order valence-corrected chi connectivity index (χ1v) is 10.9. The monoisotopic (exact) mass is 475 g/mol. The number of ether oxygens (including phenoxy) is 1. The third kappa shape index (κ3) is 5.23. The lowest BCUT2D eigenvalue weighted by Crippen LogP contribution is -2.46. The molecule has 4 heterocycles. The van der Waals surface area contributed by atoms with Crippen molar-refractivity contribution in [1.82, 2.24) is 30.7 Å². The van der Waals surface area contributed by atoms with Crippen molar-refractivity contribution in [3.05, 3.63) is 36.8 Å². The van der Waals surface area contributed by atoms with Gasteiger partial charge in [0.05, 0.1) is 19.0 Å². The predicted octanol–water partition coefficient (Wildman–Crippen LogP) is 2.60. The van der Waals surface area contributed by atoms with Gasteiger partial charge in [0.1, 0.15) is 17.6 Å². The molecule has 2 aliphatic rings. The number of aromatic nitrogens is 5. The van der Waals surface area contributed by atoms with Crippen molar-refractivity contribution in [3.8, 4) is 28.1 Å². The summed E-state index contributed by atoms with van der Waals surface area (Å²) in [6.45, 7) is 3.21. The average molecular weight is 476 g/mol. The van der Waals surface area contributed by atoms with E-state index in [9.17, 15) is 9.50 Å². The Morgan fingerprint density at radius 2 is 2.12 bits per heavy atom. The van der Waals surface area contributed by atoms with Crippen LogP contribution in [0.2, 0.25) is 0 Å². The summed E-state index contributed by atoms with van der Waals surface area (Å²) in [5.41, 5.74) is 2.83. The lowest BCUT2D eigenvalue weighted by atomic mass is 10.0. The van der Waals surface area contributed by atoms with Crippen LogP contribution in [0.3, 0.4) is 0 Å². The predicted molar refractivity (Wildman–Crippen MR) is 124 cm³/mol. The van der Waals surface area contributed by atoms with Crippen molar-refractivity contribution in [2.75, 3.05) is 37.7 Å². The van der Waals surface area contributed by atoms with Gasteiger partial charge < -0.3 is 20.1 Å². The van der Waals surface area contributed by atoms with Crippen LogP contribution in [-0.4, -0.2) is 75.5 Å². The maximum absolute atomic E-state index is 13.9. The molecule has 0 amide bonds. The Hall–Kier alpha value is -2.82. The van der Waals surface area contributed by atoms with Crippen molar-refractivity contribution >= 4 is 18.4 Å². The largest absolute Gasteiger partial charge is 0.507 e. The number of nitrogens with zero attached hydrogens (tertiary/aromatic N) is 5. The molecule has 3 atom stereocenters. The first kappa shape index (κ1) is 23.3. The van der Waals surface area contributed by atoms with Crippen LogP contribution in [0.25, 0.3) is 22.4 Å². The zero-order chi connectivity index (χ0) is 21.9. The average Bonchev–Trinajstić information content (AvgIpc) is 3.51. The van der Waals surface area contributed by atoms with Gasteiger partial charge in [0.2, 0.25) is 5.95 Å². The van der Waals surface area contributed by atoms with Gasteiger partial charge in [0.15, 0.2) is 0 Å². The molecule has 0 radical (unpaired) electrons. The second kappa shape index (κ2) is 10.4. The number of hydrogen-bond donors (Lipinski definition) is 3. The Bertz CT molecular complexity index is 1040. The Kier molecular flexibility index (Phi) is 7.36. The molecule has 0 bridgehead atoms. The first-order valence-electron chi connectivity index (χ1n) is 10.9. The van der Waals surface area contributed by atoms with Gasteiger partial charge >= 0.3 is 0 Å². The van der Waals surface area contributed by atoms with E-state index in [-0.39, 0.29) is 30.8 Å². The van der Waals surface area contributed by atoms with Gasteiger partial charge in [-0.1, -0.05) is 6.07 Å². The molecule has 2 aromatic heterocycles. The second-order valence-electron chi connectivity index (χ2n) is 8.36. The van der Waals surface area contributed by atoms with Gasteiger partial charge in [0.25, 0.3) is 0 Å². The van der Waals surface area contributed by atoms with Gasteiger partial charge in [-0.25, -0.2) is 9.37 Å². The second-order valence-corrected chi connectivity index (χ2v) is 8.36. The Labute approximate surface area is 197 Å². The Morgan fingerprint density at radius 3 is 2.85 bits per heavy atom. The third-order valence-electron chi connectivity index (χ3n) is 6.18. The fourth-order valence-electron chi connectivity index (χ4n) is 4.31. The van der Waals surface area contributed by atoms with E-state index in [0.29, 0.717) is 36.2 Å². The fraction of sp³-hybridized carbons (Fsp3) is 0.455. The molecular weight excluding hydrogens is 449 g/mol. The molecule has 2 saturated heterocycles. The number of anilines is 1. The Morgan fingerprint density at radius 1 is 1.21 bits per heavy atom. The van der Waals surface area contributed by atoms with E-state index >= 15 is 0 Å². The van der Waals surface area contributed by atoms with Gasteiger partial charge in [-0.3, -0.25) is 5.10 Å². The molecule has 3 aromatic rings. The minimum Gasteiger partial charge on any atom is -0.507 e. The molecule has 1 aromatic carbocycles. The summed E-state index contributed by atoms with van der Waals surface area (Å²) in [4.78, 5) is 6.58. The van der Waals surface area contributed by atoms with Crippen LogP contribution in [0, 0.1) is 5.92 Å². The number of benzene rings is 1. The third-order valence-corrected chi connectivity index (χ3v) is 6.18. The maximum Gasteiger partial charge on any atom is 0.245 e. The van der Waals surface area contributed by atoms with Crippen molar-refractivity contribution in [2.45, 2.75) is 25.1 Å². The summed E-state index contributed by atoms with van der Waals surface area (Å²) in [5.74, 6) is 1.09. The van der Waals surface area contributed by atoms with Gasteiger partial charge in [-0.05, 0) is 36.5 Å². The molecule has 3 N–H and O–H groups in total. The summed E-state index contributed by atoms with van der Waals surface area (Å²) in [5, 5.41) is 29.1. The number of hydrogen-bond acceptors (Lipinski definition) is 8. The molecule has 33 heavy (non-hydrogen) atoms. The number of rotatable bonds is 6. The molecule has 3 unspecified atom stereocenters. The van der Waals surface area contributed by atoms with Crippen LogP contribution in [0.4, 0.5) is 10.3 Å². The number of alkyl halides is 1. The van der Waals surface area contributed by atoms with Crippen LogP contribution in [0.1, 0.15) is 12.8 Å². The first-order chi connectivity index (χ1) is 15.7. The molecule has 11 heteroatoms. The minimum atomic E-state index is -0.938. The van der Waals surface area contributed by atoms with Gasteiger partial charge in [-0.15, -0.1) is 22.6 Å². The zero-order valence-corrected chi connectivity index (χ0v) is 18.8. The standard InChI is InChI=1S/C22H26FN7O2.ClH/c23-18-13-32-6-4-19(18)24-8-14-3-5-30(12-14)22-25-11-20(28-29-22)17-2-1-15(7-21(17)31)16-9-26-27-10-16;/h1-2,7,9-11,14,18-19,24,31H,3-6,8,12-13H2,(H,26,27);1H. The van der Waals surface area contributed by atoms with E-state index in [4.69, 9.17) is 4.74 Å². The Balaban J connectivity index is 0.00000259. The highest BCUT2D eigenvalue weighted by Crippen LogP contribution is 2.32. The van der Waals surface area contributed by atoms with Crippen LogP contribution < -0.4 is 10.2 Å². The van der Waals surface area contributed by atoms with E-state index in [2.05, 4.69) is 35.6 Å². The zero-order valence-electron chi connectivity index (χ0n) is 18.0. The highest BCUT2D eigenvalue weighted by Gasteiger charge is 2.29. The van der Waals surface area contributed by atoms with Gasteiger partial charge in [-0.2, -0.15) is 5.10 Å². The summed E-state index contributed by atoms with van der Waals surface area (Å²) >= 11 is 0. The molecule has 176 valence electrons. The van der Waals surface area contributed by atoms with Crippen LogP contribution >= 0.6 is 12.4 Å². The smallest absolute Gasteiger partial charge is 0.245 e. The maximum atomic E-state index is 13.9. The van der Waals surface area contributed by atoms with Crippen LogP contribution in [0.15, 0.2) is 36.8 Å². The molecule has 0 spiro atoms. The topological polar surface area (TPSA) is 112 Å². The van der Waals surface area contributed by atoms with E-state index < -0.39 is 6.17 Å². The summed E-state index contributed by atoms with van der Waals surface area (Å²) in [7, 11) is 0. The molecule has 5 rings (SSSR count). The highest BCUT2D eigenvalue weighted by molar-refractivity contribution is 5.85. The van der Waals surface area contributed by atoms with Crippen molar-refractivity contribution < 1.29 is 14.2 Å². The fourth-order valence-corrected chi connectivity index (χ4v) is 4.31. The number of aromatic hydroxyl groups is 1. The van der Waals surface area contributed by atoms with E-state index in [1.807, 2.05) is 6.07 Å². The van der Waals surface area contributed by atoms with Crippen LogP contribution in [-0.2, 0) is 4.74 Å². The molecule has 2 aliphatic heterocycles. The van der Waals surface area contributed by atoms with Crippen LogP contribution in [0.5, 0.6) is 5.75 Å². The molecule has 0 saturated carbocycles. The highest BCUT2D eigenvalue weighted by atomic mass is 35.5. The number of halogens is 2. The SMILES string of the molecule is Cl.Oc1cc(-c2cn[nH]c2)ccc1-c1cnc(N2CCC(CNC3CCOCC3F)C2)nn1. The number of phenolic OH excluding ortho intramolecular Hbond substituents is 1. The lowest BCUT2D eigenvalue weighted by molar-refractivity contribution is 0.0133. The minimum absolute atomic E-state index is 0. The number of H-pyrrole nitrogens is 1. The number of aromatic amines is 1.